The molecule has 3 nitrogen and oxygen atoms in total. The van der Waals surface area contributed by atoms with E-state index in [1.165, 1.54) is 6.42 Å². The van der Waals surface area contributed by atoms with Gasteiger partial charge in [-0.1, -0.05) is 29.3 Å². The second-order valence-electron chi connectivity index (χ2n) is 4.26. The Labute approximate surface area is 146 Å². The fourth-order valence-corrected chi connectivity index (χ4v) is 4.00. The second-order valence-corrected chi connectivity index (χ2v) is 6.89. The molecule has 0 unspecified atom stereocenters. The monoisotopic (exact) mass is 471 g/mol. The third kappa shape index (κ3) is 7.41. The van der Waals surface area contributed by atoms with E-state index in [1.807, 2.05) is 12.1 Å². The lowest BCUT2D eigenvalue weighted by atomic mass is 10.3. The maximum Gasteiger partial charge on any atom is 0.147 e. The van der Waals surface area contributed by atoms with Crippen LogP contribution >= 0.6 is 47.8 Å². The highest BCUT2D eigenvalue weighted by Gasteiger charge is 2.07. The molecular weight excluding hydrogens is 454 g/mol. The minimum atomic E-state index is 0.619. The average molecular weight is 474 g/mol. The van der Waals surface area contributed by atoms with Gasteiger partial charge in [-0.3, -0.25) is 0 Å². The molecule has 1 aromatic rings. The Bertz CT molecular complexity index is 379. The van der Waals surface area contributed by atoms with Crippen molar-refractivity contribution in [2.24, 2.45) is 0 Å². The summed E-state index contributed by atoms with van der Waals surface area (Å²) < 4.78 is 14.1. The summed E-state index contributed by atoms with van der Waals surface area (Å²) in [5.41, 5.74) is 0. The maximum absolute atomic E-state index is 5.75. The Morgan fingerprint density at radius 1 is 1.00 bits per heavy atom. The quantitative estimate of drug-likeness (QED) is 0.497. The van der Waals surface area contributed by atoms with Crippen LogP contribution in [0.25, 0.3) is 0 Å². The number of unbranched alkanes of at least 4 members (excludes halogenated alkanes) is 1. The zero-order valence-corrected chi connectivity index (χ0v) is 16.3. The number of rotatable bonds is 10. The molecule has 0 aliphatic heterocycles. The van der Waals surface area contributed by atoms with Crippen LogP contribution in [0, 0.1) is 0 Å². The van der Waals surface area contributed by atoms with Crippen molar-refractivity contribution in [2.45, 2.75) is 19.8 Å². The van der Waals surface area contributed by atoms with Gasteiger partial charge in [0.1, 0.15) is 12.4 Å². The van der Waals surface area contributed by atoms with Gasteiger partial charge < -0.3 is 14.8 Å². The average Bonchev–Trinajstić information content (AvgIpc) is 2.39. The smallest absolute Gasteiger partial charge is 0.147 e. The van der Waals surface area contributed by atoms with Crippen LogP contribution in [0.4, 0.5) is 0 Å². The lowest BCUT2D eigenvalue weighted by Gasteiger charge is -2.11. The third-order valence-corrected chi connectivity index (χ3v) is 4.19. The number of nitrogens with one attached hydrogen (secondary N) is 1. The summed E-state index contributed by atoms with van der Waals surface area (Å²) >= 11 is 10.4. The number of benzene rings is 1. The Kier molecular flexibility index (Phi) is 10.1. The lowest BCUT2D eigenvalue weighted by molar-refractivity contribution is 0.132. The highest BCUT2D eigenvalue weighted by atomic mass is 79.9. The van der Waals surface area contributed by atoms with Crippen molar-refractivity contribution in [3.63, 3.8) is 0 Å². The van der Waals surface area contributed by atoms with Crippen LogP contribution in [0.1, 0.15) is 19.8 Å². The molecule has 0 aromatic heterocycles. The van der Waals surface area contributed by atoms with Gasteiger partial charge in [0.2, 0.25) is 0 Å². The maximum atomic E-state index is 5.75. The van der Waals surface area contributed by atoms with Gasteiger partial charge in [-0.2, -0.15) is 0 Å². The highest BCUT2D eigenvalue weighted by Crippen LogP contribution is 2.36. The van der Waals surface area contributed by atoms with Crippen LogP contribution in [-0.4, -0.2) is 32.9 Å². The van der Waals surface area contributed by atoms with E-state index >= 15 is 0 Å². The minimum absolute atomic E-state index is 0.619. The molecule has 0 aliphatic carbocycles. The van der Waals surface area contributed by atoms with Crippen molar-refractivity contribution in [1.29, 1.82) is 0 Å². The van der Waals surface area contributed by atoms with Crippen LogP contribution in [0.2, 0.25) is 0 Å². The van der Waals surface area contributed by atoms with Gasteiger partial charge in [0.25, 0.3) is 0 Å². The first-order valence-corrected chi connectivity index (χ1v) is 9.09. The number of halogens is 3. The van der Waals surface area contributed by atoms with Crippen LogP contribution in [0.5, 0.6) is 5.75 Å². The SMILES string of the molecule is CCCCOCCNCCOc1c(Br)cc(Br)cc1Br. The summed E-state index contributed by atoms with van der Waals surface area (Å²) in [6.07, 6.45) is 2.31. The molecule has 0 saturated carbocycles. The molecule has 1 N–H and O–H groups in total. The Morgan fingerprint density at radius 3 is 2.30 bits per heavy atom. The van der Waals surface area contributed by atoms with E-state index in [2.05, 4.69) is 60.0 Å². The van der Waals surface area contributed by atoms with E-state index in [0.717, 1.165) is 51.9 Å². The van der Waals surface area contributed by atoms with E-state index in [0.29, 0.717) is 6.61 Å². The lowest BCUT2D eigenvalue weighted by Crippen LogP contribution is -2.25. The van der Waals surface area contributed by atoms with Gasteiger partial charge in [0.15, 0.2) is 0 Å². The topological polar surface area (TPSA) is 30.5 Å². The van der Waals surface area contributed by atoms with E-state index in [4.69, 9.17) is 9.47 Å². The summed E-state index contributed by atoms with van der Waals surface area (Å²) in [6.45, 7) is 6.05. The number of hydrogen-bond acceptors (Lipinski definition) is 3. The largest absolute Gasteiger partial charge is 0.490 e. The van der Waals surface area contributed by atoms with E-state index in [1.54, 1.807) is 0 Å². The van der Waals surface area contributed by atoms with E-state index < -0.39 is 0 Å². The molecule has 1 rings (SSSR count). The number of hydrogen-bond donors (Lipinski definition) is 1. The Hall–Kier alpha value is 0.380. The van der Waals surface area contributed by atoms with Crippen LogP contribution in [-0.2, 0) is 4.74 Å². The van der Waals surface area contributed by atoms with E-state index in [-0.39, 0.29) is 0 Å². The van der Waals surface area contributed by atoms with Crippen molar-refractivity contribution < 1.29 is 9.47 Å². The molecule has 0 fully saturated rings. The standard InChI is InChI=1S/C14H20Br3NO2/c1-2-3-6-19-7-4-18-5-8-20-14-12(16)9-11(15)10-13(14)17/h9-10,18H,2-8H2,1H3. The molecule has 0 aliphatic rings. The molecule has 0 amide bonds. The van der Waals surface area contributed by atoms with Crippen LogP contribution < -0.4 is 10.1 Å². The molecule has 0 bridgehead atoms. The highest BCUT2D eigenvalue weighted by molar-refractivity contribution is 9.11. The van der Waals surface area contributed by atoms with E-state index in [9.17, 15) is 0 Å². The molecule has 0 atom stereocenters. The Morgan fingerprint density at radius 2 is 1.65 bits per heavy atom. The first-order valence-electron chi connectivity index (χ1n) is 6.71. The normalized spacial score (nSPS) is 10.8. The van der Waals surface area contributed by atoms with Gasteiger partial charge in [-0.05, 0) is 50.4 Å². The summed E-state index contributed by atoms with van der Waals surface area (Å²) in [7, 11) is 0. The summed E-state index contributed by atoms with van der Waals surface area (Å²) in [4.78, 5) is 0. The van der Waals surface area contributed by atoms with Crippen LogP contribution in [0.3, 0.4) is 0 Å². The predicted molar refractivity (Wildman–Crippen MR) is 93.6 cm³/mol. The van der Waals surface area contributed by atoms with Gasteiger partial charge >= 0.3 is 0 Å². The molecular formula is C14H20Br3NO2. The van der Waals surface area contributed by atoms with Crippen molar-refractivity contribution in [2.75, 3.05) is 32.9 Å². The van der Waals surface area contributed by atoms with Crippen molar-refractivity contribution >= 4 is 47.8 Å². The summed E-state index contributed by atoms with van der Waals surface area (Å²) in [5, 5.41) is 3.29. The Balaban J connectivity index is 2.13. The zero-order valence-electron chi connectivity index (χ0n) is 11.6. The fraction of sp³-hybridized carbons (Fsp3) is 0.571. The molecule has 0 radical (unpaired) electrons. The molecule has 114 valence electrons. The molecule has 1 aromatic carbocycles. The third-order valence-electron chi connectivity index (χ3n) is 2.55. The van der Waals surface area contributed by atoms with Gasteiger partial charge in [0.05, 0.1) is 15.6 Å². The van der Waals surface area contributed by atoms with Gasteiger partial charge in [-0.25, -0.2) is 0 Å². The molecule has 0 saturated heterocycles. The van der Waals surface area contributed by atoms with Crippen molar-refractivity contribution in [3.05, 3.63) is 25.6 Å². The molecule has 6 heteroatoms. The fourth-order valence-electron chi connectivity index (χ4n) is 1.51. The molecule has 20 heavy (non-hydrogen) atoms. The van der Waals surface area contributed by atoms with Crippen molar-refractivity contribution in [1.82, 2.24) is 5.32 Å². The van der Waals surface area contributed by atoms with Crippen LogP contribution in [0.15, 0.2) is 25.6 Å². The first-order chi connectivity index (χ1) is 9.65. The summed E-state index contributed by atoms with van der Waals surface area (Å²) in [6, 6.07) is 3.93. The first kappa shape index (κ1) is 18.4. The zero-order chi connectivity index (χ0) is 14.8. The minimum Gasteiger partial charge on any atom is -0.490 e. The summed E-state index contributed by atoms with van der Waals surface area (Å²) in [5.74, 6) is 0.828. The number of ether oxygens (including phenoxy) is 2. The molecule has 0 spiro atoms. The van der Waals surface area contributed by atoms with Crippen molar-refractivity contribution in [3.8, 4) is 5.75 Å². The predicted octanol–water partition coefficient (Wildman–Crippen LogP) is 4.76. The molecule has 0 heterocycles. The van der Waals surface area contributed by atoms with Gasteiger partial charge in [0, 0.05) is 24.2 Å². The second kappa shape index (κ2) is 11.0. The van der Waals surface area contributed by atoms with Gasteiger partial charge in [-0.15, -0.1) is 0 Å².